The minimum Gasteiger partial charge on any atom is -0.383 e. The first-order valence-electron chi connectivity index (χ1n) is 4.75. The number of aliphatic hydroxyl groups is 1. The highest BCUT2D eigenvalue weighted by molar-refractivity contribution is 5.30. The number of rotatable bonds is 2. The Morgan fingerprint density at radius 3 is 2.80 bits per heavy atom. The van der Waals surface area contributed by atoms with Gasteiger partial charge in [-0.3, -0.25) is 9.67 Å². The molecule has 0 aromatic carbocycles. The van der Waals surface area contributed by atoms with Gasteiger partial charge in [0.2, 0.25) is 0 Å². The molecule has 0 saturated heterocycles. The molecule has 1 atom stereocenters. The van der Waals surface area contributed by atoms with E-state index in [1.807, 2.05) is 20.0 Å². The van der Waals surface area contributed by atoms with Crippen molar-refractivity contribution in [3.05, 3.63) is 47.5 Å². The molecule has 2 heterocycles. The average Bonchev–Trinajstić information content (AvgIpc) is 2.65. The Labute approximate surface area is 88.2 Å². The lowest BCUT2D eigenvalue weighted by Crippen LogP contribution is -2.01. The predicted octanol–water partition coefficient (Wildman–Crippen LogP) is 1.21. The van der Waals surface area contributed by atoms with Crippen LogP contribution in [-0.2, 0) is 7.05 Å². The number of pyridine rings is 1. The summed E-state index contributed by atoms with van der Waals surface area (Å²) >= 11 is 0. The molecular weight excluding hydrogens is 190 g/mol. The van der Waals surface area contributed by atoms with Crippen LogP contribution in [0.1, 0.15) is 22.8 Å². The normalized spacial score (nSPS) is 12.7. The van der Waals surface area contributed by atoms with E-state index in [1.54, 1.807) is 29.5 Å². The third-order valence-electron chi connectivity index (χ3n) is 2.41. The molecule has 4 nitrogen and oxygen atoms in total. The van der Waals surface area contributed by atoms with Crippen molar-refractivity contribution in [2.24, 2.45) is 7.05 Å². The van der Waals surface area contributed by atoms with E-state index in [4.69, 9.17) is 0 Å². The fourth-order valence-electron chi connectivity index (χ4n) is 1.52. The van der Waals surface area contributed by atoms with Gasteiger partial charge in [0.15, 0.2) is 0 Å². The zero-order valence-electron chi connectivity index (χ0n) is 8.75. The lowest BCUT2D eigenvalue weighted by Gasteiger charge is -2.10. The van der Waals surface area contributed by atoms with Crippen LogP contribution in [0.4, 0.5) is 0 Å². The number of aromatic nitrogens is 3. The zero-order valence-corrected chi connectivity index (χ0v) is 8.75. The summed E-state index contributed by atoms with van der Waals surface area (Å²) in [6.45, 7) is 1.95. The monoisotopic (exact) mass is 203 g/mol. The molecule has 0 aliphatic carbocycles. The molecule has 15 heavy (non-hydrogen) atoms. The van der Waals surface area contributed by atoms with Crippen LogP contribution >= 0.6 is 0 Å². The molecule has 0 fully saturated rings. The molecular formula is C11H13N3O. The van der Waals surface area contributed by atoms with Crippen LogP contribution in [0.3, 0.4) is 0 Å². The fraction of sp³-hybridized carbons (Fsp3) is 0.273. The van der Waals surface area contributed by atoms with Crippen LogP contribution < -0.4 is 0 Å². The standard InChI is InChI=1S/C11H13N3O/c1-8-3-4-12-6-10(8)11(15)9-5-13-14(2)7-9/h3-7,11,15H,1-2H3. The highest BCUT2D eigenvalue weighted by Gasteiger charge is 2.14. The molecule has 1 unspecified atom stereocenters. The largest absolute Gasteiger partial charge is 0.383 e. The Kier molecular flexibility index (Phi) is 2.51. The smallest absolute Gasteiger partial charge is 0.109 e. The summed E-state index contributed by atoms with van der Waals surface area (Å²) in [5.41, 5.74) is 2.64. The summed E-state index contributed by atoms with van der Waals surface area (Å²) in [6.07, 6.45) is 6.23. The molecule has 0 aliphatic heterocycles. The molecule has 2 rings (SSSR count). The van der Waals surface area contributed by atoms with Crippen LogP contribution in [0.2, 0.25) is 0 Å². The molecule has 0 spiro atoms. The van der Waals surface area contributed by atoms with E-state index in [9.17, 15) is 5.11 Å². The molecule has 0 radical (unpaired) electrons. The minimum absolute atomic E-state index is 0.646. The summed E-state index contributed by atoms with van der Waals surface area (Å²) in [5.74, 6) is 0. The van der Waals surface area contributed by atoms with Crippen LogP contribution in [0.15, 0.2) is 30.9 Å². The molecule has 4 heteroatoms. The molecule has 2 aromatic heterocycles. The molecule has 1 N–H and O–H groups in total. The van der Waals surface area contributed by atoms with Crippen molar-refractivity contribution in [2.45, 2.75) is 13.0 Å². The predicted molar refractivity (Wildman–Crippen MR) is 56.2 cm³/mol. The van der Waals surface area contributed by atoms with Crippen molar-refractivity contribution < 1.29 is 5.11 Å². The van der Waals surface area contributed by atoms with Crippen LogP contribution in [-0.4, -0.2) is 19.9 Å². The van der Waals surface area contributed by atoms with Gasteiger partial charge in [-0.2, -0.15) is 5.10 Å². The maximum Gasteiger partial charge on any atom is 0.109 e. The van der Waals surface area contributed by atoms with E-state index in [1.165, 1.54) is 0 Å². The Morgan fingerprint density at radius 2 is 2.20 bits per heavy atom. The molecule has 0 bridgehead atoms. The lowest BCUT2D eigenvalue weighted by molar-refractivity contribution is 0.219. The SMILES string of the molecule is Cc1ccncc1C(O)c1cnn(C)c1. The van der Waals surface area contributed by atoms with Crippen molar-refractivity contribution in [3.63, 3.8) is 0 Å². The van der Waals surface area contributed by atoms with Crippen molar-refractivity contribution in [3.8, 4) is 0 Å². The summed E-state index contributed by atoms with van der Waals surface area (Å²) in [5, 5.41) is 14.1. The van der Waals surface area contributed by atoms with Crippen molar-refractivity contribution >= 4 is 0 Å². The van der Waals surface area contributed by atoms with E-state index in [0.29, 0.717) is 0 Å². The third kappa shape index (κ3) is 1.89. The summed E-state index contributed by atoms with van der Waals surface area (Å²) < 4.78 is 1.67. The maximum absolute atomic E-state index is 10.1. The van der Waals surface area contributed by atoms with Gasteiger partial charge in [-0.15, -0.1) is 0 Å². The van der Waals surface area contributed by atoms with E-state index in [-0.39, 0.29) is 0 Å². The van der Waals surface area contributed by atoms with Gasteiger partial charge in [-0.05, 0) is 18.6 Å². The lowest BCUT2D eigenvalue weighted by atomic mass is 10.0. The fourth-order valence-corrected chi connectivity index (χ4v) is 1.52. The summed E-state index contributed by atoms with van der Waals surface area (Å²) in [4.78, 5) is 4.01. The van der Waals surface area contributed by atoms with Crippen molar-refractivity contribution in [1.29, 1.82) is 0 Å². The second-order valence-electron chi connectivity index (χ2n) is 3.58. The number of hydrogen-bond acceptors (Lipinski definition) is 3. The Balaban J connectivity index is 2.36. The number of aliphatic hydroxyl groups excluding tert-OH is 1. The quantitative estimate of drug-likeness (QED) is 0.798. The first-order valence-corrected chi connectivity index (χ1v) is 4.75. The van der Waals surface area contributed by atoms with E-state index < -0.39 is 6.10 Å². The first-order chi connectivity index (χ1) is 7.18. The second-order valence-corrected chi connectivity index (χ2v) is 3.58. The van der Waals surface area contributed by atoms with Crippen molar-refractivity contribution in [2.75, 3.05) is 0 Å². The Morgan fingerprint density at radius 1 is 1.40 bits per heavy atom. The third-order valence-corrected chi connectivity index (χ3v) is 2.41. The molecule has 0 amide bonds. The van der Waals surface area contributed by atoms with Gasteiger partial charge in [-0.1, -0.05) is 0 Å². The van der Waals surface area contributed by atoms with E-state index in [0.717, 1.165) is 16.7 Å². The van der Waals surface area contributed by atoms with Gasteiger partial charge < -0.3 is 5.11 Å². The van der Waals surface area contributed by atoms with Crippen LogP contribution in [0, 0.1) is 6.92 Å². The molecule has 0 saturated carbocycles. The van der Waals surface area contributed by atoms with Gasteiger partial charge in [0, 0.05) is 36.8 Å². The molecule has 78 valence electrons. The Hall–Kier alpha value is -1.68. The van der Waals surface area contributed by atoms with Crippen molar-refractivity contribution in [1.82, 2.24) is 14.8 Å². The van der Waals surface area contributed by atoms with Gasteiger partial charge in [0.1, 0.15) is 6.10 Å². The number of aryl methyl sites for hydroxylation is 2. The summed E-state index contributed by atoms with van der Waals surface area (Å²) in [7, 11) is 1.83. The van der Waals surface area contributed by atoms with E-state index in [2.05, 4.69) is 10.1 Å². The van der Waals surface area contributed by atoms with Gasteiger partial charge in [0.05, 0.1) is 6.20 Å². The molecule has 0 aliphatic rings. The topological polar surface area (TPSA) is 50.9 Å². The summed E-state index contributed by atoms with van der Waals surface area (Å²) in [6, 6.07) is 1.88. The maximum atomic E-state index is 10.1. The van der Waals surface area contributed by atoms with E-state index >= 15 is 0 Å². The average molecular weight is 203 g/mol. The van der Waals surface area contributed by atoms with Crippen LogP contribution in [0.5, 0.6) is 0 Å². The first kappa shape index (κ1) is 9.86. The van der Waals surface area contributed by atoms with Gasteiger partial charge in [-0.25, -0.2) is 0 Å². The highest BCUT2D eigenvalue weighted by Crippen LogP contribution is 2.22. The second kappa shape index (κ2) is 3.82. The Bertz CT molecular complexity index is 464. The number of hydrogen-bond donors (Lipinski definition) is 1. The van der Waals surface area contributed by atoms with Gasteiger partial charge in [0.25, 0.3) is 0 Å². The minimum atomic E-state index is -0.646. The highest BCUT2D eigenvalue weighted by atomic mass is 16.3. The van der Waals surface area contributed by atoms with Gasteiger partial charge >= 0.3 is 0 Å². The van der Waals surface area contributed by atoms with Crippen LogP contribution in [0.25, 0.3) is 0 Å². The number of nitrogens with zero attached hydrogens (tertiary/aromatic N) is 3. The molecule has 2 aromatic rings. The zero-order chi connectivity index (χ0) is 10.8.